The molecule has 2 heterocycles. The molecule has 108 valence electrons. The highest BCUT2D eigenvalue weighted by atomic mass is 16.4. The first kappa shape index (κ1) is 14.3. The summed E-state index contributed by atoms with van der Waals surface area (Å²) in [6.07, 6.45) is 5.57. The molecule has 0 aromatic rings. The van der Waals surface area contributed by atoms with Crippen LogP contribution in [0.4, 0.5) is 0 Å². The Hall–Kier alpha value is -1.10. The van der Waals surface area contributed by atoms with Gasteiger partial charge in [-0.25, -0.2) is 0 Å². The van der Waals surface area contributed by atoms with E-state index >= 15 is 0 Å². The van der Waals surface area contributed by atoms with Crippen LogP contribution < -0.4 is 0 Å². The standard InChI is InChI=1S/C14H24N2O3/c1-15-8-3-2-4-12(15)7-9-16-10-11(14(18)19)5-6-13(16)17/h11-12H,2-10H2,1H3,(H,18,19). The van der Waals surface area contributed by atoms with Crippen molar-refractivity contribution in [2.24, 2.45) is 5.92 Å². The highest BCUT2D eigenvalue weighted by molar-refractivity contribution is 5.80. The van der Waals surface area contributed by atoms with Crippen LogP contribution in [0.2, 0.25) is 0 Å². The van der Waals surface area contributed by atoms with Gasteiger partial charge in [-0.15, -0.1) is 0 Å². The summed E-state index contributed by atoms with van der Waals surface area (Å²) in [4.78, 5) is 27.0. The molecule has 0 bridgehead atoms. The molecule has 2 fully saturated rings. The second-order valence-corrected chi connectivity index (χ2v) is 5.83. The highest BCUT2D eigenvalue weighted by Gasteiger charge is 2.30. The number of hydrogen-bond donors (Lipinski definition) is 1. The van der Waals surface area contributed by atoms with Crippen molar-refractivity contribution < 1.29 is 14.7 Å². The predicted octanol–water partition coefficient (Wildman–Crippen LogP) is 1.18. The third kappa shape index (κ3) is 3.69. The minimum atomic E-state index is -0.771. The Morgan fingerprint density at radius 2 is 2.16 bits per heavy atom. The van der Waals surface area contributed by atoms with Gasteiger partial charge in [-0.2, -0.15) is 0 Å². The topological polar surface area (TPSA) is 60.9 Å². The van der Waals surface area contributed by atoms with Crippen molar-refractivity contribution in [2.45, 2.75) is 44.6 Å². The van der Waals surface area contributed by atoms with Gasteiger partial charge in [0.05, 0.1) is 5.92 Å². The highest BCUT2D eigenvalue weighted by Crippen LogP contribution is 2.21. The van der Waals surface area contributed by atoms with Crippen molar-refractivity contribution >= 4 is 11.9 Å². The summed E-state index contributed by atoms with van der Waals surface area (Å²) in [5.74, 6) is -1.02. The SMILES string of the molecule is CN1CCCCC1CCN1CC(C(=O)O)CCC1=O. The van der Waals surface area contributed by atoms with Gasteiger partial charge in [0.1, 0.15) is 0 Å². The summed E-state index contributed by atoms with van der Waals surface area (Å²) < 4.78 is 0. The molecule has 0 saturated carbocycles. The van der Waals surface area contributed by atoms with Crippen LogP contribution in [0, 0.1) is 5.92 Å². The summed E-state index contributed by atoms with van der Waals surface area (Å²) in [6, 6.07) is 0.548. The summed E-state index contributed by atoms with van der Waals surface area (Å²) in [6.45, 7) is 2.23. The molecule has 5 heteroatoms. The maximum Gasteiger partial charge on any atom is 0.308 e. The molecular weight excluding hydrogens is 244 g/mol. The van der Waals surface area contributed by atoms with Crippen LogP contribution in [0.3, 0.4) is 0 Å². The number of carbonyl (C=O) groups excluding carboxylic acids is 1. The number of rotatable bonds is 4. The fourth-order valence-electron chi connectivity index (χ4n) is 3.15. The van der Waals surface area contributed by atoms with E-state index in [4.69, 9.17) is 5.11 Å². The Morgan fingerprint density at radius 1 is 1.37 bits per heavy atom. The fourth-order valence-corrected chi connectivity index (χ4v) is 3.15. The molecule has 0 aromatic carbocycles. The summed E-state index contributed by atoms with van der Waals surface area (Å²) in [5.41, 5.74) is 0. The van der Waals surface area contributed by atoms with Gasteiger partial charge in [-0.3, -0.25) is 9.59 Å². The van der Waals surface area contributed by atoms with Crippen LogP contribution in [0.15, 0.2) is 0 Å². The van der Waals surface area contributed by atoms with E-state index in [-0.39, 0.29) is 11.8 Å². The summed E-state index contributed by atoms with van der Waals surface area (Å²) >= 11 is 0. The van der Waals surface area contributed by atoms with Crippen molar-refractivity contribution in [3.63, 3.8) is 0 Å². The molecule has 0 spiro atoms. The molecule has 2 aliphatic heterocycles. The number of carbonyl (C=O) groups is 2. The maximum absolute atomic E-state index is 11.8. The zero-order valence-corrected chi connectivity index (χ0v) is 11.7. The zero-order chi connectivity index (χ0) is 13.8. The second kappa shape index (κ2) is 6.37. The molecule has 2 rings (SSSR count). The van der Waals surface area contributed by atoms with Gasteiger partial charge in [0.15, 0.2) is 0 Å². The van der Waals surface area contributed by atoms with Crippen LogP contribution in [-0.2, 0) is 9.59 Å². The van der Waals surface area contributed by atoms with Gasteiger partial charge < -0.3 is 14.9 Å². The Morgan fingerprint density at radius 3 is 2.84 bits per heavy atom. The molecule has 2 atom stereocenters. The molecule has 19 heavy (non-hydrogen) atoms. The van der Waals surface area contributed by atoms with Gasteiger partial charge in [-0.05, 0) is 39.3 Å². The molecule has 0 radical (unpaired) electrons. The number of amides is 1. The number of hydrogen-bond acceptors (Lipinski definition) is 3. The minimum Gasteiger partial charge on any atom is -0.481 e. The number of likely N-dealkylation sites (tertiary alicyclic amines) is 2. The fraction of sp³-hybridized carbons (Fsp3) is 0.857. The lowest BCUT2D eigenvalue weighted by Gasteiger charge is -2.36. The molecule has 1 amide bonds. The van der Waals surface area contributed by atoms with Gasteiger partial charge >= 0.3 is 5.97 Å². The molecule has 2 aliphatic rings. The third-order valence-electron chi connectivity index (χ3n) is 4.50. The maximum atomic E-state index is 11.8. The molecule has 1 N–H and O–H groups in total. The zero-order valence-electron chi connectivity index (χ0n) is 11.7. The molecule has 0 aromatic heterocycles. The van der Waals surface area contributed by atoms with E-state index in [0.29, 0.717) is 32.0 Å². The smallest absolute Gasteiger partial charge is 0.308 e. The lowest BCUT2D eigenvalue weighted by atomic mass is 9.96. The van der Waals surface area contributed by atoms with Crippen LogP contribution in [0.5, 0.6) is 0 Å². The van der Waals surface area contributed by atoms with E-state index < -0.39 is 5.97 Å². The lowest BCUT2D eigenvalue weighted by Crippen LogP contribution is -2.45. The Kier molecular flexibility index (Phi) is 4.80. The summed E-state index contributed by atoms with van der Waals surface area (Å²) in [5, 5.41) is 9.06. The first-order valence-electron chi connectivity index (χ1n) is 7.28. The molecule has 5 nitrogen and oxygen atoms in total. The van der Waals surface area contributed by atoms with Crippen LogP contribution in [0.25, 0.3) is 0 Å². The second-order valence-electron chi connectivity index (χ2n) is 5.83. The Labute approximate surface area is 114 Å². The first-order chi connectivity index (χ1) is 9.08. The monoisotopic (exact) mass is 268 g/mol. The van der Waals surface area contributed by atoms with Gasteiger partial charge in [0.25, 0.3) is 0 Å². The predicted molar refractivity (Wildman–Crippen MR) is 71.8 cm³/mol. The summed E-state index contributed by atoms with van der Waals surface area (Å²) in [7, 11) is 2.14. The van der Waals surface area contributed by atoms with Crippen LogP contribution in [0.1, 0.15) is 38.5 Å². The van der Waals surface area contributed by atoms with E-state index in [1.165, 1.54) is 19.3 Å². The van der Waals surface area contributed by atoms with E-state index in [1.807, 2.05) is 0 Å². The van der Waals surface area contributed by atoms with E-state index in [2.05, 4.69) is 11.9 Å². The Balaban J connectivity index is 1.83. The van der Waals surface area contributed by atoms with E-state index in [0.717, 1.165) is 13.0 Å². The van der Waals surface area contributed by atoms with Crippen molar-refractivity contribution in [2.75, 3.05) is 26.7 Å². The van der Waals surface area contributed by atoms with Crippen molar-refractivity contribution in [1.29, 1.82) is 0 Å². The first-order valence-corrected chi connectivity index (χ1v) is 7.28. The number of carboxylic acids is 1. The van der Waals surface area contributed by atoms with E-state index in [1.54, 1.807) is 4.90 Å². The average Bonchev–Trinajstić information content (AvgIpc) is 2.39. The molecular formula is C14H24N2O3. The Bertz CT molecular complexity index is 346. The minimum absolute atomic E-state index is 0.121. The lowest BCUT2D eigenvalue weighted by molar-refractivity contribution is -0.147. The van der Waals surface area contributed by atoms with Gasteiger partial charge in [0.2, 0.25) is 5.91 Å². The van der Waals surface area contributed by atoms with Crippen LogP contribution >= 0.6 is 0 Å². The molecule has 0 aliphatic carbocycles. The van der Waals surface area contributed by atoms with Crippen molar-refractivity contribution in [3.05, 3.63) is 0 Å². The quantitative estimate of drug-likeness (QED) is 0.832. The molecule has 2 unspecified atom stereocenters. The number of nitrogens with zero attached hydrogens (tertiary/aromatic N) is 2. The van der Waals surface area contributed by atoms with Gasteiger partial charge in [0, 0.05) is 25.6 Å². The van der Waals surface area contributed by atoms with Crippen molar-refractivity contribution in [1.82, 2.24) is 9.80 Å². The number of piperidine rings is 2. The largest absolute Gasteiger partial charge is 0.481 e. The van der Waals surface area contributed by atoms with Gasteiger partial charge in [-0.1, -0.05) is 6.42 Å². The third-order valence-corrected chi connectivity index (χ3v) is 4.50. The van der Waals surface area contributed by atoms with Crippen LogP contribution in [-0.4, -0.2) is 59.5 Å². The van der Waals surface area contributed by atoms with E-state index in [9.17, 15) is 9.59 Å². The average molecular weight is 268 g/mol. The number of carboxylic acid groups (broad SMARTS) is 1. The normalized spacial score (nSPS) is 29.5. The van der Waals surface area contributed by atoms with Crippen molar-refractivity contribution in [3.8, 4) is 0 Å². The number of aliphatic carboxylic acids is 1. The molecule has 2 saturated heterocycles.